The predicted octanol–water partition coefficient (Wildman–Crippen LogP) is 4.55. The van der Waals surface area contributed by atoms with Crippen molar-refractivity contribution in [3.8, 4) is 23.0 Å². The van der Waals surface area contributed by atoms with Crippen LogP contribution in [0.4, 0.5) is 0 Å². The van der Waals surface area contributed by atoms with Gasteiger partial charge in [0.2, 0.25) is 5.76 Å². The van der Waals surface area contributed by atoms with Gasteiger partial charge in [0.25, 0.3) is 0 Å². The number of hydrogen-bond acceptors (Lipinski definition) is 7. The molecule has 3 rings (SSSR count). The quantitative estimate of drug-likeness (QED) is 0.424. The average Bonchev–Trinajstić information content (AvgIpc) is 3.32. The minimum Gasteiger partial charge on any atom is -0.493 e. The van der Waals surface area contributed by atoms with Crippen molar-refractivity contribution in [1.82, 2.24) is 5.16 Å². The van der Waals surface area contributed by atoms with E-state index in [-0.39, 0.29) is 6.61 Å². The van der Waals surface area contributed by atoms with E-state index in [0.29, 0.717) is 45.9 Å². The Kier molecular flexibility index (Phi) is 5.80. The maximum atomic E-state index is 6.21. The van der Waals surface area contributed by atoms with Gasteiger partial charge in [-0.05, 0) is 31.2 Å². The van der Waals surface area contributed by atoms with E-state index in [1.54, 1.807) is 43.7 Å². The molecule has 136 valence electrons. The number of furan rings is 1. The smallest absolute Gasteiger partial charge is 0.202 e. The van der Waals surface area contributed by atoms with Gasteiger partial charge in [0.15, 0.2) is 23.9 Å². The average molecular weight is 377 g/mol. The molecule has 0 amide bonds. The van der Waals surface area contributed by atoms with Gasteiger partial charge in [0.1, 0.15) is 5.69 Å². The third-order valence-electron chi connectivity index (χ3n) is 3.35. The maximum absolute atomic E-state index is 6.21. The van der Waals surface area contributed by atoms with Crippen molar-refractivity contribution >= 4 is 17.8 Å². The van der Waals surface area contributed by atoms with Gasteiger partial charge in [-0.25, -0.2) is 0 Å². The fraction of sp³-hybridized carbons (Fsp3) is 0.222. The third-order valence-corrected chi connectivity index (χ3v) is 3.63. The first-order valence-corrected chi connectivity index (χ1v) is 8.24. The second-order valence-electron chi connectivity index (χ2n) is 5.13. The molecule has 7 nitrogen and oxygen atoms in total. The number of rotatable bonds is 8. The van der Waals surface area contributed by atoms with Crippen LogP contribution in [0.1, 0.15) is 18.2 Å². The summed E-state index contributed by atoms with van der Waals surface area (Å²) in [6.07, 6.45) is 3.09. The number of ether oxygens (including phenoxy) is 2. The van der Waals surface area contributed by atoms with Gasteiger partial charge in [-0.15, -0.1) is 0 Å². The first kappa shape index (κ1) is 17.9. The van der Waals surface area contributed by atoms with Crippen LogP contribution in [0.2, 0.25) is 5.02 Å². The van der Waals surface area contributed by atoms with Gasteiger partial charge < -0.3 is 23.3 Å². The normalized spacial score (nSPS) is 11.0. The van der Waals surface area contributed by atoms with Gasteiger partial charge in [-0.1, -0.05) is 21.9 Å². The molecule has 0 saturated carbocycles. The van der Waals surface area contributed by atoms with Crippen LogP contribution in [0.5, 0.6) is 11.5 Å². The molecule has 2 aromatic heterocycles. The lowest BCUT2D eigenvalue weighted by atomic mass is 10.2. The van der Waals surface area contributed by atoms with Crippen molar-refractivity contribution in [2.45, 2.75) is 13.5 Å². The molecule has 8 heteroatoms. The van der Waals surface area contributed by atoms with E-state index in [9.17, 15) is 0 Å². The van der Waals surface area contributed by atoms with E-state index in [1.165, 1.54) is 6.21 Å². The number of hydrogen-bond donors (Lipinski definition) is 0. The molecule has 26 heavy (non-hydrogen) atoms. The van der Waals surface area contributed by atoms with Crippen molar-refractivity contribution < 1.29 is 23.3 Å². The van der Waals surface area contributed by atoms with Gasteiger partial charge in [-0.2, -0.15) is 0 Å². The number of oxime groups is 1. The van der Waals surface area contributed by atoms with Gasteiger partial charge in [0, 0.05) is 11.6 Å². The van der Waals surface area contributed by atoms with Crippen LogP contribution in [0.15, 0.2) is 50.7 Å². The van der Waals surface area contributed by atoms with E-state index in [1.807, 2.05) is 6.92 Å². The SMILES string of the molecule is CCOc1c(Cl)cc(/C=N\OCc2cc(-c3ccco3)on2)cc1OC. The van der Waals surface area contributed by atoms with Crippen LogP contribution < -0.4 is 9.47 Å². The summed E-state index contributed by atoms with van der Waals surface area (Å²) in [6.45, 7) is 2.52. The van der Waals surface area contributed by atoms with Gasteiger partial charge >= 0.3 is 0 Å². The van der Waals surface area contributed by atoms with Crippen molar-refractivity contribution in [1.29, 1.82) is 0 Å². The second kappa shape index (κ2) is 8.44. The summed E-state index contributed by atoms with van der Waals surface area (Å²) in [7, 11) is 1.55. The van der Waals surface area contributed by atoms with Gasteiger partial charge in [0.05, 0.1) is 31.2 Å². The lowest BCUT2D eigenvalue weighted by molar-refractivity contribution is 0.126. The summed E-state index contributed by atoms with van der Waals surface area (Å²) >= 11 is 6.21. The summed E-state index contributed by atoms with van der Waals surface area (Å²) in [5, 5.41) is 8.25. The Morgan fingerprint density at radius 2 is 2.15 bits per heavy atom. The van der Waals surface area contributed by atoms with Crippen LogP contribution in [0, 0.1) is 0 Å². The number of aromatic nitrogens is 1. The van der Waals surface area contributed by atoms with E-state index in [0.717, 1.165) is 0 Å². The Morgan fingerprint density at radius 1 is 1.27 bits per heavy atom. The molecular formula is C18H17ClN2O5. The van der Waals surface area contributed by atoms with Crippen LogP contribution in [-0.2, 0) is 11.4 Å². The largest absolute Gasteiger partial charge is 0.493 e. The molecule has 0 saturated heterocycles. The fourth-order valence-electron chi connectivity index (χ4n) is 2.21. The highest BCUT2D eigenvalue weighted by molar-refractivity contribution is 6.32. The lowest BCUT2D eigenvalue weighted by Gasteiger charge is -2.11. The number of halogens is 1. The molecule has 2 heterocycles. The zero-order valence-corrected chi connectivity index (χ0v) is 15.0. The Hall–Kier alpha value is -2.93. The Balaban J connectivity index is 1.61. The van der Waals surface area contributed by atoms with Crippen LogP contribution in [-0.4, -0.2) is 25.1 Å². The molecule has 0 unspecified atom stereocenters. The summed E-state index contributed by atoms with van der Waals surface area (Å²) < 4.78 is 21.2. The number of nitrogens with zero attached hydrogens (tertiary/aromatic N) is 2. The minimum atomic E-state index is 0.155. The summed E-state index contributed by atoms with van der Waals surface area (Å²) in [4.78, 5) is 5.25. The molecule has 0 fully saturated rings. The molecule has 0 aliphatic carbocycles. The van der Waals surface area contributed by atoms with Crippen molar-refractivity contribution in [3.63, 3.8) is 0 Å². The van der Waals surface area contributed by atoms with Crippen molar-refractivity contribution in [2.24, 2.45) is 5.16 Å². The third kappa shape index (κ3) is 4.18. The highest BCUT2D eigenvalue weighted by atomic mass is 35.5. The molecule has 0 bridgehead atoms. The monoisotopic (exact) mass is 376 g/mol. The molecule has 1 aromatic carbocycles. The van der Waals surface area contributed by atoms with Crippen LogP contribution in [0.3, 0.4) is 0 Å². The highest BCUT2D eigenvalue weighted by Gasteiger charge is 2.11. The topological polar surface area (TPSA) is 79.2 Å². The Labute approximate surface area is 155 Å². The van der Waals surface area contributed by atoms with Crippen LogP contribution in [0.25, 0.3) is 11.5 Å². The molecule has 0 aliphatic heterocycles. The van der Waals surface area contributed by atoms with Gasteiger partial charge in [-0.3, -0.25) is 0 Å². The number of methoxy groups -OCH3 is 1. The van der Waals surface area contributed by atoms with E-state index < -0.39 is 0 Å². The van der Waals surface area contributed by atoms with E-state index in [2.05, 4.69) is 10.3 Å². The predicted molar refractivity (Wildman–Crippen MR) is 95.8 cm³/mol. The summed E-state index contributed by atoms with van der Waals surface area (Å²) in [6, 6.07) is 8.76. The lowest BCUT2D eigenvalue weighted by Crippen LogP contribution is -1.97. The first-order valence-electron chi connectivity index (χ1n) is 7.86. The van der Waals surface area contributed by atoms with Crippen molar-refractivity contribution in [3.05, 3.63) is 52.9 Å². The summed E-state index contributed by atoms with van der Waals surface area (Å²) in [5.74, 6) is 2.16. The van der Waals surface area contributed by atoms with Crippen LogP contribution >= 0.6 is 11.6 Å². The molecular weight excluding hydrogens is 360 g/mol. The zero-order valence-electron chi connectivity index (χ0n) is 14.3. The van der Waals surface area contributed by atoms with E-state index >= 15 is 0 Å². The number of benzene rings is 1. The standard InChI is InChI=1S/C18H17ClN2O5/c1-3-23-18-14(19)7-12(8-17(18)22-2)10-20-25-11-13-9-16(26-21-13)15-5-4-6-24-15/h4-10H,3,11H2,1-2H3/b20-10-. The molecule has 0 N–H and O–H groups in total. The molecule has 0 radical (unpaired) electrons. The molecule has 0 aliphatic rings. The maximum Gasteiger partial charge on any atom is 0.202 e. The Morgan fingerprint density at radius 3 is 2.88 bits per heavy atom. The fourth-order valence-corrected chi connectivity index (χ4v) is 2.49. The molecule has 0 spiro atoms. The minimum absolute atomic E-state index is 0.155. The van der Waals surface area contributed by atoms with E-state index in [4.69, 9.17) is 34.9 Å². The first-order chi connectivity index (χ1) is 12.7. The highest BCUT2D eigenvalue weighted by Crippen LogP contribution is 2.36. The van der Waals surface area contributed by atoms with Crippen molar-refractivity contribution in [2.75, 3.05) is 13.7 Å². The Bertz CT molecular complexity index is 874. The zero-order chi connectivity index (χ0) is 18.4. The second-order valence-corrected chi connectivity index (χ2v) is 5.54. The molecule has 0 atom stereocenters. The molecule has 3 aromatic rings. The summed E-state index contributed by atoms with van der Waals surface area (Å²) in [5.41, 5.74) is 1.31.